The zero-order valence-electron chi connectivity index (χ0n) is 27.4. The molecule has 2 unspecified atom stereocenters. The van der Waals surface area contributed by atoms with Crippen molar-refractivity contribution in [2.45, 2.75) is 51.2 Å². The largest absolute Gasteiger partial charge is 0.508 e. The molecule has 0 amide bonds. The number of aromatic hydroxyl groups is 1. The fourth-order valence-electron chi connectivity index (χ4n) is 7.25. The van der Waals surface area contributed by atoms with E-state index in [9.17, 15) is 10.2 Å². The van der Waals surface area contributed by atoms with E-state index in [2.05, 4.69) is 115 Å². The summed E-state index contributed by atoms with van der Waals surface area (Å²) in [6.07, 6.45) is 9.87. The standard InChI is InChI=1S/C21H27NO2.C21H21N/c1-16(21(24)19-7-9-20(23)10-8-19)22-13-11-18(12-14-22)15-17-5-3-2-4-6-17;1-22-14-12-18(13-15-22)21-19-8-4-2-6-16(19)10-11-17-7-3-5-9-20(17)21/h2-10,16,18,21,23-24H,11-15H2,1H3;2-11H,12-15H2,1H3. The van der Waals surface area contributed by atoms with Crippen LogP contribution in [0, 0.1) is 5.92 Å². The average Bonchev–Trinajstić information content (AvgIpc) is 3.27. The van der Waals surface area contributed by atoms with Crippen molar-refractivity contribution < 1.29 is 10.2 Å². The lowest BCUT2D eigenvalue weighted by Gasteiger charge is -2.38. The summed E-state index contributed by atoms with van der Waals surface area (Å²) in [5.74, 6) is 0.974. The van der Waals surface area contributed by atoms with Crippen molar-refractivity contribution in [2.75, 3.05) is 33.2 Å². The van der Waals surface area contributed by atoms with E-state index in [4.69, 9.17) is 0 Å². The minimum Gasteiger partial charge on any atom is -0.508 e. The first kappa shape index (κ1) is 32.0. The van der Waals surface area contributed by atoms with E-state index >= 15 is 0 Å². The second-order valence-corrected chi connectivity index (χ2v) is 13.2. The SMILES string of the molecule is CC(C(O)c1ccc(O)cc1)N1CCC(Cc2ccccc2)CC1.CN1CCC(=C2c3ccccc3C=Cc3ccccc32)CC1. The van der Waals surface area contributed by atoms with Gasteiger partial charge >= 0.3 is 0 Å². The molecule has 7 rings (SSSR count). The van der Waals surface area contributed by atoms with Gasteiger partial charge in [-0.1, -0.05) is 109 Å². The third-order valence-corrected chi connectivity index (χ3v) is 10.1. The van der Waals surface area contributed by atoms with Crippen LogP contribution in [0.15, 0.2) is 109 Å². The Bertz CT molecular complexity index is 1570. The third-order valence-electron chi connectivity index (χ3n) is 10.1. The second-order valence-electron chi connectivity index (χ2n) is 13.2. The van der Waals surface area contributed by atoms with Gasteiger partial charge in [-0.3, -0.25) is 4.90 Å². The van der Waals surface area contributed by atoms with Gasteiger partial charge in [0.2, 0.25) is 0 Å². The lowest BCUT2D eigenvalue weighted by molar-refractivity contribution is 0.0373. The predicted molar refractivity (Wildman–Crippen MR) is 192 cm³/mol. The molecule has 4 nitrogen and oxygen atoms in total. The van der Waals surface area contributed by atoms with E-state index < -0.39 is 6.10 Å². The van der Waals surface area contributed by atoms with Crippen molar-refractivity contribution in [3.05, 3.63) is 142 Å². The molecule has 3 aliphatic rings. The molecule has 0 aromatic heterocycles. The van der Waals surface area contributed by atoms with Gasteiger partial charge in [0.1, 0.15) is 5.75 Å². The average molecular weight is 613 g/mol. The predicted octanol–water partition coefficient (Wildman–Crippen LogP) is 8.47. The van der Waals surface area contributed by atoms with Crippen molar-refractivity contribution >= 4 is 17.7 Å². The number of aliphatic hydroxyl groups is 1. The number of hydrogen-bond donors (Lipinski definition) is 2. The van der Waals surface area contributed by atoms with Crippen molar-refractivity contribution in [3.63, 3.8) is 0 Å². The fourth-order valence-corrected chi connectivity index (χ4v) is 7.25. The first-order chi connectivity index (χ1) is 22.5. The van der Waals surface area contributed by atoms with Gasteiger partial charge in [-0.15, -0.1) is 0 Å². The zero-order chi connectivity index (χ0) is 31.9. The van der Waals surface area contributed by atoms with Crippen molar-refractivity contribution in [1.82, 2.24) is 9.80 Å². The molecule has 0 saturated carbocycles. The molecule has 238 valence electrons. The fraction of sp³-hybridized carbons (Fsp3) is 0.333. The van der Waals surface area contributed by atoms with Gasteiger partial charge in [-0.2, -0.15) is 0 Å². The van der Waals surface area contributed by atoms with Crippen molar-refractivity contribution in [1.29, 1.82) is 0 Å². The Labute approximate surface area is 275 Å². The van der Waals surface area contributed by atoms with Crippen LogP contribution in [0.5, 0.6) is 5.75 Å². The minimum atomic E-state index is -0.517. The van der Waals surface area contributed by atoms with Crippen LogP contribution in [0.4, 0.5) is 0 Å². The van der Waals surface area contributed by atoms with Gasteiger partial charge < -0.3 is 15.1 Å². The number of benzene rings is 4. The summed E-state index contributed by atoms with van der Waals surface area (Å²) < 4.78 is 0. The highest BCUT2D eigenvalue weighted by Gasteiger charge is 2.27. The number of aliphatic hydroxyl groups excluding tert-OH is 1. The molecular formula is C42H48N2O2. The molecule has 2 heterocycles. The molecule has 1 aliphatic carbocycles. The number of hydrogen-bond acceptors (Lipinski definition) is 4. The number of likely N-dealkylation sites (tertiary alicyclic amines) is 2. The van der Waals surface area contributed by atoms with Crippen molar-refractivity contribution in [2.24, 2.45) is 5.92 Å². The molecule has 0 bridgehead atoms. The topological polar surface area (TPSA) is 46.9 Å². The smallest absolute Gasteiger partial charge is 0.115 e. The highest BCUT2D eigenvalue weighted by molar-refractivity contribution is 5.94. The third kappa shape index (κ3) is 7.70. The van der Waals surface area contributed by atoms with Crippen LogP contribution in [-0.4, -0.2) is 59.3 Å². The Balaban J connectivity index is 0.000000162. The molecule has 2 N–H and O–H groups in total. The summed E-state index contributed by atoms with van der Waals surface area (Å²) in [5, 5.41) is 20.0. The van der Waals surface area contributed by atoms with Crippen LogP contribution in [-0.2, 0) is 6.42 Å². The molecule has 0 spiro atoms. The molecule has 4 aromatic carbocycles. The first-order valence-corrected chi connectivity index (χ1v) is 17.0. The van der Waals surface area contributed by atoms with E-state index in [-0.39, 0.29) is 11.8 Å². The first-order valence-electron chi connectivity index (χ1n) is 17.0. The zero-order valence-corrected chi connectivity index (χ0v) is 27.4. The molecule has 2 aliphatic heterocycles. The summed E-state index contributed by atoms with van der Waals surface area (Å²) in [6, 6.07) is 35.3. The van der Waals surface area contributed by atoms with Gasteiger partial charge in [0, 0.05) is 19.1 Å². The lowest BCUT2D eigenvalue weighted by atomic mass is 9.86. The number of fused-ring (bicyclic) bond motifs is 2. The van der Waals surface area contributed by atoms with Gasteiger partial charge in [-0.05, 0) is 116 Å². The highest BCUT2D eigenvalue weighted by atomic mass is 16.3. The Morgan fingerprint density at radius 2 is 1.24 bits per heavy atom. The minimum absolute atomic E-state index is 0.0900. The van der Waals surface area contributed by atoms with Crippen LogP contribution in [0.25, 0.3) is 17.7 Å². The lowest BCUT2D eigenvalue weighted by Crippen LogP contribution is -2.43. The Morgan fingerprint density at radius 1 is 0.696 bits per heavy atom. The number of nitrogens with zero attached hydrogens (tertiary/aromatic N) is 2. The Morgan fingerprint density at radius 3 is 1.83 bits per heavy atom. The van der Waals surface area contributed by atoms with Gasteiger partial charge in [0.25, 0.3) is 0 Å². The van der Waals surface area contributed by atoms with Gasteiger partial charge in [0.05, 0.1) is 6.10 Å². The van der Waals surface area contributed by atoms with Crippen LogP contribution >= 0.6 is 0 Å². The molecule has 2 fully saturated rings. The summed E-state index contributed by atoms with van der Waals surface area (Å²) in [7, 11) is 2.22. The van der Waals surface area contributed by atoms with E-state index in [1.807, 2.05) is 0 Å². The van der Waals surface area contributed by atoms with E-state index in [0.717, 1.165) is 44.1 Å². The van der Waals surface area contributed by atoms with E-state index in [1.54, 1.807) is 29.8 Å². The van der Waals surface area contributed by atoms with E-state index in [1.165, 1.54) is 59.1 Å². The number of piperidine rings is 2. The van der Waals surface area contributed by atoms with Crippen LogP contribution in [0.1, 0.15) is 72.1 Å². The maximum atomic E-state index is 10.6. The molecule has 4 heteroatoms. The quantitative estimate of drug-likeness (QED) is 0.209. The van der Waals surface area contributed by atoms with Crippen molar-refractivity contribution in [3.8, 4) is 5.75 Å². The highest BCUT2D eigenvalue weighted by Crippen LogP contribution is 2.38. The second kappa shape index (κ2) is 15.1. The molecule has 46 heavy (non-hydrogen) atoms. The number of phenolic OH excluding ortho intramolecular Hbond substituents is 1. The molecule has 2 atom stereocenters. The summed E-state index contributed by atoms with van der Waals surface area (Å²) >= 11 is 0. The molecule has 4 aromatic rings. The van der Waals surface area contributed by atoms with Crippen LogP contribution in [0.2, 0.25) is 0 Å². The molecular weight excluding hydrogens is 564 g/mol. The maximum Gasteiger partial charge on any atom is 0.115 e. The molecule has 0 radical (unpaired) electrons. The van der Waals surface area contributed by atoms with Gasteiger partial charge in [-0.25, -0.2) is 0 Å². The van der Waals surface area contributed by atoms with Gasteiger partial charge in [0.15, 0.2) is 0 Å². The normalized spacial score (nSPS) is 18.5. The Kier molecular flexibility index (Phi) is 10.5. The summed E-state index contributed by atoms with van der Waals surface area (Å²) in [6.45, 7) is 6.49. The summed E-state index contributed by atoms with van der Waals surface area (Å²) in [4.78, 5) is 4.82. The monoisotopic (exact) mass is 612 g/mol. The van der Waals surface area contributed by atoms with Crippen LogP contribution < -0.4 is 0 Å². The van der Waals surface area contributed by atoms with Crippen LogP contribution in [0.3, 0.4) is 0 Å². The Hall–Kier alpha value is -3.96. The molecule has 2 saturated heterocycles. The summed E-state index contributed by atoms with van der Waals surface area (Å²) in [5.41, 5.74) is 10.8. The number of phenols is 1. The van der Waals surface area contributed by atoms with E-state index in [0.29, 0.717) is 0 Å². The number of rotatable bonds is 5. The maximum absolute atomic E-state index is 10.6.